The molecule has 0 aromatic heterocycles. The van der Waals surface area contributed by atoms with Gasteiger partial charge in [0.25, 0.3) is 0 Å². The number of hydrogen-bond donors (Lipinski definition) is 0. The van der Waals surface area contributed by atoms with Crippen LogP contribution < -0.4 is 4.74 Å². The van der Waals surface area contributed by atoms with Gasteiger partial charge in [-0.3, -0.25) is 0 Å². The van der Waals surface area contributed by atoms with Crippen LogP contribution in [0.2, 0.25) is 0 Å². The van der Waals surface area contributed by atoms with Crippen LogP contribution in [-0.4, -0.2) is 29.7 Å². The molecule has 0 bridgehead atoms. The number of ether oxygens (including phenoxy) is 2. The van der Waals surface area contributed by atoms with Gasteiger partial charge < -0.3 is 9.47 Å². The molecule has 0 unspecified atom stereocenters. The maximum absolute atomic E-state index is 4.91. The van der Waals surface area contributed by atoms with Gasteiger partial charge in [-0.05, 0) is 19.1 Å². The van der Waals surface area contributed by atoms with Gasteiger partial charge in [0.2, 0.25) is 0 Å². The summed E-state index contributed by atoms with van der Waals surface area (Å²) in [5.41, 5.74) is 1.32. The minimum absolute atomic E-state index is 0. The number of rotatable bonds is 1. The van der Waals surface area contributed by atoms with Crippen LogP contribution in [0, 0.1) is 6.92 Å². The summed E-state index contributed by atoms with van der Waals surface area (Å²) in [5.74, 6) is 0.910. The van der Waals surface area contributed by atoms with Crippen LogP contribution in [0.4, 0.5) is 0 Å². The minimum Gasteiger partial charge on any atom is -0.497 e. The lowest BCUT2D eigenvalue weighted by molar-refractivity contribution is 0.277. The largest absolute Gasteiger partial charge is 0.497 e. The van der Waals surface area contributed by atoms with E-state index in [0.717, 1.165) is 5.75 Å². The molecule has 0 aliphatic rings. The van der Waals surface area contributed by atoms with Crippen molar-refractivity contribution < 1.29 is 9.47 Å². The Hall–Kier alpha value is -1.74. The highest BCUT2D eigenvalue weighted by molar-refractivity contribution is 5.75. The van der Waals surface area contributed by atoms with E-state index in [4.69, 9.17) is 4.74 Å². The fourth-order valence-corrected chi connectivity index (χ4v) is 1.09. The van der Waals surface area contributed by atoms with Crippen molar-refractivity contribution in [2.45, 2.75) is 42.0 Å². The lowest BCUT2D eigenvalue weighted by atomic mass is 10.2. The second-order valence-corrected chi connectivity index (χ2v) is 3.58. The minimum atomic E-state index is 0. The molecule has 3 heteroatoms. The van der Waals surface area contributed by atoms with Crippen molar-refractivity contribution in [1.29, 1.82) is 0 Å². The third kappa shape index (κ3) is 28.4. The average Bonchev–Trinajstić information content (AvgIpc) is 2.61. The lowest BCUT2D eigenvalue weighted by Crippen LogP contribution is -1.78. The molecule has 2 aromatic rings. The summed E-state index contributed by atoms with van der Waals surface area (Å²) in [6, 6.07) is 19.9. The zero-order valence-corrected chi connectivity index (χ0v) is 16.2. The Morgan fingerprint density at radius 3 is 1.08 bits per heavy atom. The zero-order valence-electron chi connectivity index (χ0n) is 16.2. The number of benzene rings is 2. The maximum atomic E-state index is 4.91. The van der Waals surface area contributed by atoms with Gasteiger partial charge in [-0.25, -0.2) is 0 Å². The molecule has 0 atom stereocenters. The van der Waals surface area contributed by atoms with E-state index in [1.165, 1.54) is 5.56 Å². The summed E-state index contributed by atoms with van der Waals surface area (Å²) in [4.78, 5) is 0. The second-order valence-electron chi connectivity index (χ2n) is 3.58. The first kappa shape index (κ1) is 33.8. The van der Waals surface area contributed by atoms with Crippen molar-refractivity contribution in [3.63, 3.8) is 0 Å². The standard InChI is InChI=1S/C7H8O.C7H8.C2H6O.2C2H6.CH4.B/c1-8-7-5-3-2-4-6-7;1-7-5-3-2-4-6-7;1-3-2;2*1-2;;/h2-6H,1H3;2-6H,1H3;1-2H3;2*1-2H3;1H4;. The summed E-state index contributed by atoms with van der Waals surface area (Å²) in [5, 5.41) is 0. The number of aryl methyl sites for hydroxylation is 1. The van der Waals surface area contributed by atoms with Gasteiger partial charge in [0.1, 0.15) is 5.75 Å². The highest BCUT2D eigenvalue weighted by atomic mass is 16.5. The number of para-hydroxylation sites is 1. The molecule has 0 heterocycles. The van der Waals surface area contributed by atoms with Gasteiger partial charge in [-0.15, -0.1) is 0 Å². The molecule has 0 N–H and O–H groups in total. The van der Waals surface area contributed by atoms with E-state index in [0.29, 0.717) is 0 Å². The molecule has 137 valence electrons. The fraction of sp³-hybridized carbons (Fsp3) is 0.429. The van der Waals surface area contributed by atoms with Gasteiger partial charge in [0, 0.05) is 22.6 Å². The molecule has 0 spiro atoms. The monoisotopic (exact) mass is 333 g/mol. The zero-order chi connectivity index (χ0) is 17.6. The third-order valence-electron chi connectivity index (χ3n) is 1.92. The summed E-state index contributed by atoms with van der Waals surface area (Å²) < 4.78 is 9.16. The molecule has 2 rings (SSSR count). The Morgan fingerprint density at radius 2 is 0.917 bits per heavy atom. The third-order valence-corrected chi connectivity index (χ3v) is 1.92. The summed E-state index contributed by atoms with van der Waals surface area (Å²) in [6.45, 7) is 10.1. The van der Waals surface area contributed by atoms with E-state index in [9.17, 15) is 0 Å². The highest BCUT2D eigenvalue weighted by Gasteiger charge is 1.80. The van der Waals surface area contributed by atoms with Gasteiger partial charge in [-0.2, -0.15) is 0 Å². The summed E-state index contributed by atoms with van der Waals surface area (Å²) in [7, 11) is 4.91. The Morgan fingerprint density at radius 1 is 0.625 bits per heavy atom. The van der Waals surface area contributed by atoms with Gasteiger partial charge in [0.15, 0.2) is 0 Å². The second kappa shape index (κ2) is 33.0. The van der Waals surface area contributed by atoms with E-state index in [-0.39, 0.29) is 15.8 Å². The van der Waals surface area contributed by atoms with Crippen LogP contribution in [0.3, 0.4) is 0 Å². The van der Waals surface area contributed by atoms with Crippen molar-refractivity contribution >= 4 is 8.41 Å². The van der Waals surface area contributed by atoms with E-state index < -0.39 is 0 Å². The number of methoxy groups -OCH3 is 2. The topological polar surface area (TPSA) is 18.5 Å². The van der Waals surface area contributed by atoms with Crippen LogP contribution in [-0.2, 0) is 4.74 Å². The van der Waals surface area contributed by atoms with Crippen molar-refractivity contribution in [2.75, 3.05) is 21.3 Å². The van der Waals surface area contributed by atoms with Gasteiger partial charge >= 0.3 is 0 Å². The SMILES string of the molecule is C.CC.CC.COC.COc1ccccc1.Cc1ccccc1.[B]. The predicted octanol–water partition coefficient (Wildman–Crippen LogP) is 6.26. The van der Waals surface area contributed by atoms with Gasteiger partial charge in [-0.1, -0.05) is 89.2 Å². The molecule has 0 fully saturated rings. The van der Waals surface area contributed by atoms with Gasteiger partial charge in [0.05, 0.1) is 7.11 Å². The molecule has 2 aromatic carbocycles. The Labute approximate surface area is 153 Å². The van der Waals surface area contributed by atoms with Crippen molar-refractivity contribution in [3.8, 4) is 5.75 Å². The maximum Gasteiger partial charge on any atom is 0.118 e. The quantitative estimate of drug-likeness (QED) is 0.573. The first-order chi connectivity index (χ1) is 10.7. The van der Waals surface area contributed by atoms with E-state index in [1.807, 2.05) is 76.2 Å². The van der Waals surface area contributed by atoms with Crippen molar-refractivity contribution in [2.24, 2.45) is 0 Å². The van der Waals surface area contributed by atoms with E-state index in [2.05, 4.69) is 23.8 Å². The highest BCUT2D eigenvalue weighted by Crippen LogP contribution is 2.05. The molecule has 24 heavy (non-hydrogen) atoms. The van der Waals surface area contributed by atoms with Crippen LogP contribution in [0.15, 0.2) is 60.7 Å². The Bertz CT molecular complexity index is 378. The molecule has 0 aliphatic heterocycles. The van der Waals surface area contributed by atoms with Crippen LogP contribution in [0.5, 0.6) is 5.75 Å². The molecule has 0 amide bonds. The smallest absolute Gasteiger partial charge is 0.118 e. The van der Waals surface area contributed by atoms with Crippen LogP contribution in [0.25, 0.3) is 0 Å². The van der Waals surface area contributed by atoms with E-state index >= 15 is 0 Å². The van der Waals surface area contributed by atoms with Crippen LogP contribution in [0.1, 0.15) is 40.7 Å². The first-order valence-corrected chi connectivity index (χ1v) is 7.75. The molecular weight excluding hydrogens is 295 g/mol. The van der Waals surface area contributed by atoms with Crippen LogP contribution >= 0.6 is 0 Å². The fourth-order valence-electron chi connectivity index (χ4n) is 1.09. The Balaban J connectivity index is -0.0000000695. The van der Waals surface area contributed by atoms with E-state index in [1.54, 1.807) is 21.3 Å². The molecule has 0 aliphatic carbocycles. The summed E-state index contributed by atoms with van der Waals surface area (Å²) >= 11 is 0. The molecule has 3 radical (unpaired) electrons. The predicted molar refractivity (Wildman–Crippen MR) is 112 cm³/mol. The Kier molecular flexibility index (Phi) is 46.5. The molecule has 2 nitrogen and oxygen atoms in total. The normalized spacial score (nSPS) is 6.67. The first-order valence-electron chi connectivity index (χ1n) is 7.75. The lowest BCUT2D eigenvalue weighted by Gasteiger charge is -1.93. The van der Waals surface area contributed by atoms with Crippen molar-refractivity contribution in [3.05, 3.63) is 66.2 Å². The average molecular weight is 333 g/mol. The molecular formula is C21H38BO2. The molecule has 0 saturated heterocycles. The number of hydrogen-bond acceptors (Lipinski definition) is 2. The molecule has 0 saturated carbocycles. The summed E-state index contributed by atoms with van der Waals surface area (Å²) in [6.07, 6.45) is 0. The van der Waals surface area contributed by atoms with Crippen molar-refractivity contribution in [1.82, 2.24) is 0 Å².